The Hall–Kier alpha value is -5.89. The number of aryl methyl sites for hydroxylation is 2. The topological polar surface area (TPSA) is 129 Å². The molecule has 2 aromatic heterocycles. The summed E-state index contributed by atoms with van der Waals surface area (Å²) in [6.07, 6.45) is 1.35. The Kier molecular flexibility index (Phi) is 16.7. The summed E-state index contributed by atoms with van der Waals surface area (Å²) in [5.74, 6) is 2.80. The van der Waals surface area contributed by atoms with Crippen molar-refractivity contribution in [1.82, 2.24) is 40.4 Å². The Bertz CT molecular complexity index is 1760. The van der Waals surface area contributed by atoms with Crippen LogP contribution in [0.25, 0.3) is 22.8 Å². The number of rotatable bonds is 12. The van der Waals surface area contributed by atoms with Crippen LogP contribution in [0.5, 0.6) is 11.5 Å². The van der Waals surface area contributed by atoms with Crippen molar-refractivity contribution in [3.63, 3.8) is 0 Å². The molecule has 49 heavy (non-hydrogen) atoms. The van der Waals surface area contributed by atoms with Gasteiger partial charge in [-0.1, -0.05) is 95.3 Å². The van der Waals surface area contributed by atoms with Crippen LogP contribution in [0.15, 0.2) is 109 Å². The van der Waals surface area contributed by atoms with Crippen molar-refractivity contribution in [1.29, 1.82) is 5.26 Å². The second kappa shape index (κ2) is 21.8. The van der Waals surface area contributed by atoms with Crippen LogP contribution in [0.2, 0.25) is 0 Å². The van der Waals surface area contributed by atoms with Crippen LogP contribution >= 0.6 is 0 Å². The zero-order valence-corrected chi connectivity index (χ0v) is 29.0. The van der Waals surface area contributed by atoms with Gasteiger partial charge in [0.1, 0.15) is 24.7 Å². The van der Waals surface area contributed by atoms with E-state index in [4.69, 9.17) is 14.7 Å². The summed E-state index contributed by atoms with van der Waals surface area (Å²) in [4.78, 5) is 3.05. The molecule has 0 saturated heterocycles. The van der Waals surface area contributed by atoms with Gasteiger partial charge in [0.05, 0.1) is 25.6 Å². The Labute approximate surface area is 289 Å². The van der Waals surface area contributed by atoms with Crippen molar-refractivity contribution in [2.45, 2.75) is 73.8 Å². The Balaban J connectivity index is 0.000000241. The highest BCUT2D eigenvalue weighted by Gasteiger charge is 2.07. The van der Waals surface area contributed by atoms with Gasteiger partial charge in [-0.05, 0) is 76.5 Å². The van der Waals surface area contributed by atoms with E-state index >= 15 is 0 Å². The summed E-state index contributed by atoms with van der Waals surface area (Å²) in [5, 5.41) is 33.2. The monoisotopic (exact) mass is 659 g/mol. The molecular weight excluding hydrogens is 614 g/mol. The summed E-state index contributed by atoms with van der Waals surface area (Å²) in [6, 6.07) is 37.5. The lowest BCUT2D eigenvalue weighted by Crippen LogP contribution is -2.01. The molecule has 0 aliphatic rings. The summed E-state index contributed by atoms with van der Waals surface area (Å²) in [5.41, 5.74) is 4.07. The number of hydrogen-bond donors (Lipinski definition) is 0. The number of nitriles is 1. The van der Waals surface area contributed by atoms with Gasteiger partial charge in [-0.2, -0.15) is 14.9 Å². The standard InChI is InChI=1S/C17H15N5O.C17H18N4O.2C2H6/c18-11-4-12-22-20-17(19-21-22)15-7-9-16(10-8-15)23-13-14-5-2-1-3-6-14;1-2-12-21-19-17(18-20-21)15-8-10-16(11-9-15)22-13-14-6-4-3-5-7-14;2*1-2/h1-3,5-10H,4,12-13H2;3-11H,2,12-13H2,1H3;2*1-2H3. The molecule has 0 radical (unpaired) electrons. The average Bonchev–Trinajstić information content (AvgIpc) is 3.86. The maximum absolute atomic E-state index is 8.56. The number of benzene rings is 4. The molecule has 254 valence electrons. The van der Waals surface area contributed by atoms with E-state index in [-0.39, 0.29) is 0 Å². The normalized spacial score (nSPS) is 9.80. The molecule has 0 bridgehead atoms. The van der Waals surface area contributed by atoms with Gasteiger partial charge < -0.3 is 9.47 Å². The van der Waals surface area contributed by atoms with E-state index in [9.17, 15) is 0 Å². The number of hydrogen-bond acceptors (Lipinski definition) is 9. The van der Waals surface area contributed by atoms with Crippen molar-refractivity contribution in [3.05, 3.63) is 120 Å². The summed E-state index contributed by atoms with van der Waals surface area (Å²) in [6.45, 7) is 12.4. The SMILES string of the molecule is CC.CC.CCCn1nnc(-c2ccc(OCc3ccccc3)cc2)n1.N#CCCn1nnc(-c2ccc(OCc3ccccc3)cc2)n1. The molecule has 4 aromatic carbocycles. The first-order valence-corrected chi connectivity index (χ1v) is 16.7. The first-order chi connectivity index (χ1) is 24.2. The van der Waals surface area contributed by atoms with Crippen LogP contribution in [0, 0.1) is 11.3 Å². The number of aromatic nitrogens is 8. The minimum Gasteiger partial charge on any atom is -0.489 e. The van der Waals surface area contributed by atoms with Gasteiger partial charge in [-0.25, -0.2) is 0 Å². The van der Waals surface area contributed by atoms with Crippen molar-refractivity contribution in [2.75, 3.05) is 0 Å². The highest BCUT2D eigenvalue weighted by molar-refractivity contribution is 5.55. The highest BCUT2D eigenvalue weighted by Crippen LogP contribution is 2.21. The van der Waals surface area contributed by atoms with E-state index in [1.807, 2.05) is 137 Å². The lowest BCUT2D eigenvalue weighted by atomic mass is 10.2. The fourth-order valence-electron chi connectivity index (χ4n) is 4.14. The van der Waals surface area contributed by atoms with E-state index in [1.165, 1.54) is 4.80 Å². The molecule has 0 amide bonds. The van der Waals surface area contributed by atoms with Gasteiger partial charge in [0.15, 0.2) is 0 Å². The first-order valence-electron chi connectivity index (χ1n) is 16.7. The smallest absolute Gasteiger partial charge is 0.204 e. The largest absolute Gasteiger partial charge is 0.489 e. The molecule has 0 aliphatic heterocycles. The van der Waals surface area contributed by atoms with E-state index in [0.29, 0.717) is 37.8 Å². The molecule has 11 nitrogen and oxygen atoms in total. The fraction of sp³-hybridized carbons (Fsp3) is 0.289. The van der Waals surface area contributed by atoms with Crippen LogP contribution in [-0.2, 0) is 26.3 Å². The maximum atomic E-state index is 8.56. The number of ether oxygens (including phenoxy) is 2. The third-order valence-corrected chi connectivity index (χ3v) is 6.47. The Morgan fingerprint density at radius 2 is 0.980 bits per heavy atom. The minimum atomic E-state index is 0.363. The van der Waals surface area contributed by atoms with E-state index in [0.717, 1.165) is 46.7 Å². The van der Waals surface area contributed by atoms with Gasteiger partial charge in [-0.15, -0.1) is 20.4 Å². The quantitative estimate of drug-likeness (QED) is 0.128. The average molecular weight is 660 g/mol. The van der Waals surface area contributed by atoms with E-state index in [1.54, 1.807) is 4.80 Å². The van der Waals surface area contributed by atoms with Gasteiger partial charge in [0.2, 0.25) is 11.6 Å². The van der Waals surface area contributed by atoms with Crippen molar-refractivity contribution >= 4 is 0 Å². The second-order valence-electron chi connectivity index (χ2n) is 9.92. The van der Waals surface area contributed by atoms with E-state index < -0.39 is 0 Å². The minimum absolute atomic E-state index is 0.363. The van der Waals surface area contributed by atoms with Gasteiger partial charge in [-0.3, -0.25) is 0 Å². The molecule has 0 spiro atoms. The van der Waals surface area contributed by atoms with E-state index in [2.05, 4.69) is 43.8 Å². The lowest BCUT2D eigenvalue weighted by Gasteiger charge is -2.06. The fourth-order valence-corrected chi connectivity index (χ4v) is 4.14. The maximum Gasteiger partial charge on any atom is 0.204 e. The Morgan fingerprint density at radius 3 is 1.37 bits per heavy atom. The Morgan fingerprint density at radius 1 is 0.571 bits per heavy atom. The first kappa shape index (κ1) is 37.6. The summed E-state index contributed by atoms with van der Waals surface area (Å²) in [7, 11) is 0. The molecule has 6 rings (SSSR count). The van der Waals surface area contributed by atoms with Crippen LogP contribution < -0.4 is 9.47 Å². The highest BCUT2D eigenvalue weighted by atomic mass is 16.5. The molecule has 0 N–H and O–H groups in total. The van der Waals surface area contributed by atoms with Crippen LogP contribution in [0.3, 0.4) is 0 Å². The van der Waals surface area contributed by atoms with Crippen molar-refractivity contribution in [3.8, 4) is 40.3 Å². The molecule has 0 saturated carbocycles. The molecule has 2 heterocycles. The van der Waals surface area contributed by atoms with Gasteiger partial charge >= 0.3 is 0 Å². The predicted octanol–water partition coefficient (Wildman–Crippen LogP) is 8.21. The molecule has 11 heteroatoms. The zero-order valence-electron chi connectivity index (χ0n) is 29.0. The summed E-state index contributed by atoms with van der Waals surface area (Å²) < 4.78 is 11.5. The second-order valence-corrected chi connectivity index (χ2v) is 9.92. The molecule has 0 aliphatic carbocycles. The van der Waals surface area contributed by atoms with Gasteiger partial charge in [0.25, 0.3) is 0 Å². The summed E-state index contributed by atoms with van der Waals surface area (Å²) >= 11 is 0. The lowest BCUT2D eigenvalue weighted by molar-refractivity contribution is 0.306. The predicted molar refractivity (Wildman–Crippen MR) is 191 cm³/mol. The molecule has 0 fully saturated rings. The van der Waals surface area contributed by atoms with Crippen molar-refractivity contribution < 1.29 is 9.47 Å². The third-order valence-electron chi connectivity index (χ3n) is 6.47. The number of tetrazole rings is 2. The molecule has 0 unspecified atom stereocenters. The third kappa shape index (κ3) is 12.7. The number of nitrogens with zero attached hydrogens (tertiary/aromatic N) is 9. The molecular formula is C38H45N9O2. The van der Waals surface area contributed by atoms with Crippen LogP contribution in [-0.4, -0.2) is 40.4 Å². The zero-order chi connectivity index (χ0) is 35.1. The van der Waals surface area contributed by atoms with Gasteiger partial charge in [0, 0.05) is 11.1 Å². The molecule has 6 aromatic rings. The van der Waals surface area contributed by atoms with Crippen LogP contribution in [0.1, 0.15) is 58.6 Å². The van der Waals surface area contributed by atoms with Crippen molar-refractivity contribution in [2.24, 2.45) is 0 Å². The van der Waals surface area contributed by atoms with Crippen LogP contribution in [0.4, 0.5) is 0 Å². The molecule has 0 atom stereocenters.